The average Bonchev–Trinajstić information content (AvgIpc) is 3.43. The molecule has 3 heterocycles. The topological polar surface area (TPSA) is 103 Å². The fraction of sp³-hybridized carbons (Fsp3) is 0.318. The van der Waals surface area contributed by atoms with Crippen molar-refractivity contribution in [1.29, 1.82) is 0 Å². The van der Waals surface area contributed by atoms with Crippen LogP contribution in [0.2, 0.25) is 0 Å². The van der Waals surface area contributed by atoms with Crippen molar-refractivity contribution in [3.63, 3.8) is 0 Å². The number of ether oxygens (including phenoxy) is 1. The van der Waals surface area contributed by atoms with Gasteiger partial charge in [0.1, 0.15) is 5.76 Å². The van der Waals surface area contributed by atoms with Crippen molar-refractivity contribution in [3.8, 4) is 0 Å². The number of amides is 1. The van der Waals surface area contributed by atoms with Gasteiger partial charge in [-0.1, -0.05) is 12.1 Å². The number of hydrogen-bond acceptors (Lipinski definition) is 6. The quantitative estimate of drug-likeness (QED) is 0.339. The first-order chi connectivity index (χ1) is 15.1. The van der Waals surface area contributed by atoms with Crippen LogP contribution in [0.15, 0.2) is 59.1 Å². The minimum absolute atomic E-state index is 0.0663. The van der Waals surface area contributed by atoms with Crippen molar-refractivity contribution in [2.24, 2.45) is 0 Å². The highest BCUT2D eigenvalue weighted by Crippen LogP contribution is 2.34. The van der Waals surface area contributed by atoms with Gasteiger partial charge in [-0.2, -0.15) is 0 Å². The van der Waals surface area contributed by atoms with Crippen LogP contribution in [0.4, 0.5) is 5.69 Å². The zero-order chi connectivity index (χ0) is 21.8. The molecule has 1 atom stereocenters. The first-order valence-corrected chi connectivity index (χ1v) is 10.1. The fourth-order valence-electron chi connectivity index (χ4n) is 3.90. The molecule has 162 valence electrons. The molecule has 0 saturated carbocycles. The molecule has 0 aliphatic carbocycles. The second-order valence-electron chi connectivity index (χ2n) is 7.36. The van der Waals surface area contributed by atoms with Gasteiger partial charge in [-0.15, -0.1) is 0 Å². The first-order valence-electron chi connectivity index (χ1n) is 10.1. The second-order valence-corrected chi connectivity index (χ2v) is 7.36. The zero-order valence-corrected chi connectivity index (χ0v) is 17.2. The fourth-order valence-corrected chi connectivity index (χ4v) is 3.90. The van der Waals surface area contributed by atoms with Crippen LogP contribution >= 0.6 is 0 Å². The highest BCUT2D eigenvalue weighted by Gasteiger charge is 2.30. The van der Waals surface area contributed by atoms with E-state index in [0.717, 1.165) is 24.3 Å². The second kappa shape index (κ2) is 9.15. The van der Waals surface area contributed by atoms with Crippen LogP contribution in [-0.4, -0.2) is 47.1 Å². The van der Waals surface area contributed by atoms with Gasteiger partial charge < -0.3 is 19.0 Å². The van der Waals surface area contributed by atoms with Crippen LogP contribution in [0, 0.1) is 10.1 Å². The summed E-state index contributed by atoms with van der Waals surface area (Å²) in [6, 6.07) is 14.1. The number of nitrogens with zero attached hydrogens (tertiary/aromatic N) is 3. The maximum atomic E-state index is 12.2. The van der Waals surface area contributed by atoms with Crippen molar-refractivity contribution in [3.05, 3.63) is 87.6 Å². The summed E-state index contributed by atoms with van der Waals surface area (Å²) in [4.78, 5) is 25.1. The minimum Gasteiger partial charge on any atom is -0.455 e. The van der Waals surface area contributed by atoms with Gasteiger partial charge >= 0.3 is 0 Å². The highest BCUT2D eigenvalue weighted by molar-refractivity contribution is 5.91. The lowest BCUT2D eigenvalue weighted by molar-refractivity contribution is -0.384. The summed E-state index contributed by atoms with van der Waals surface area (Å²) in [5.41, 5.74) is 2.15. The van der Waals surface area contributed by atoms with Crippen molar-refractivity contribution >= 4 is 11.6 Å². The van der Waals surface area contributed by atoms with Crippen LogP contribution in [0.25, 0.3) is 0 Å². The molecule has 1 aliphatic rings. The van der Waals surface area contributed by atoms with E-state index in [1.54, 1.807) is 25.3 Å². The maximum Gasteiger partial charge on any atom is 0.287 e. The summed E-state index contributed by atoms with van der Waals surface area (Å²) in [5, 5.41) is 13.8. The van der Waals surface area contributed by atoms with Crippen molar-refractivity contribution in [2.75, 3.05) is 26.8 Å². The molecule has 0 radical (unpaired) electrons. The van der Waals surface area contributed by atoms with Crippen LogP contribution in [0.5, 0.6) is 0 Å². The molecular weight excluding hydrogens is 400 g/mol. The Balaban J connectivity index is 1.54. The summed E-state index contributed by atoms with van der Waals surface area (Å²) in [6.07, 6.45) is 2.04. The molecule has 9 nitrogen and oxygen atoms in total. The number of carbonyl (C=O) groups excluding carboxylic acids is 1. The third kappa shape index (κ3) is 4.52. The molecule has 0 bridgehead atoms. The Hall–Kier alpha value is -3.43. The molecule has 0 saturated heterocycles. The standard InChI is InChI=1S/C22H24N4O5/c1-30-14-10-23-22(27)20-9-8-18(31-20)15-25-13-12-24-11-2-3-19(24)21(25)16-4-6-17(7-5-16)26(28)29/h2-9,11,21H,10,12-15H2,1H3,(H,23,27). The third-order valence-electron chi connectivity index (χ3n) is 5.39. The van der Waals surface area contributed by atoms with Crippen LogP contribution in [0.3, 0.4) is 0 Å². The van der Waals surface area contributed by atoms with Gasteiger partial charge in [0.25, 0.3) is 11.6 Å². The molecule has 1 N–H and O–H groups in total. The van der Waals surface area contributed by atoms with E-state index in [1.165, 1.54) is 12.1 Å². The monoisotopic (exact) mass is 424 g/mol. The molecule has 9 heteroatoms. The summed E-state index contributed by atoms with van der Waals surface area (Å²) in [7, 11) is 1.58. The Morgan fingerprint density at radius 2 is 2.03 bits per heavy atom. The molecule has 0 spiro atoms. The van der Waals surface area contributed by atoms with E-state index < -0.39 is 4.92 Å². The summed E-state index contributed by atoms with van der Waals surface area (Å²) in [5.74, 6) is 0.671. The van der Waals surface area contributed by atoms with Gasteiger partial charge in [-0.25, -0.2) is 0 Å². The number of fused-ring (bicyclic) bond motifs is 1. The Morgan fingerprint density at radius 3 is 2.77 bits per heavy atom. The van der Waals surface area contributed by atoms with Gasteiger partial charge in [-0.05, 0) is 29.8 Å². The molecule has 2 aromatic heterocycles. The lowest BCUT2D eigenvalue weighted by Gasteiger charge is -2.36. The molecule has 1 unspecified atom stereocenters. The number of nitrogens with one attached hydrogen (secondary N) is 1. The van der Waals surface area contributed by atoms with E-state index in [-0.39, 0.29) is 23.4 Å². The number of nitro benzene ring substituents is 1. The number of rotatable bonds is 8. The van der Waals surface area contributed by atoms with Gasteiger partial charge in [0, 0.05) is 50.8 Å². The van der Waals surface area contributed by atoms with E-state index >= 15 is 0 Å². The van der Waals surface area contributed by atoms with Crippen molar-refractivity contribution < 1.29 is 18.9 Å². The van der Waals surface area contributed by atoms with E-state index in [9.17, 15) is 14.9 Å². The Bertz CT molecular complexity index is 1060. The predicted molar refractivity (Wildman–Crippen MR) is 113 cm³/mol. The Morgan fingerprint density at radius 1 is 1.23 bits per heavy atom. The molecule has 1 aliphatic heterocycles. The normalized spacial score (nSPS) is 16.1. The maximum absolute atomic E-state index is 12.2. The molecule has 0 fully saturated rings. The molecule has 3 aromatic rings. The molecule has 31 heavy (non-hydrogen) atoms. The number of furan rings is 1. The highest BCUT2D eigenvalue weighted by atomic mass is 16.6. The van der Waals surface area contributed by atoms with Crippen molar-refractivity contribution in [1.82, 2.24) is 14.8 Å². The van der Waals surface area contributed by atoms with Gasteiger partial charge in [0.2, 0.25) is 0 Å². The van der Waals surface area contributed by atoms with Gasteiger partial charge in [0.15, 0.2) is 5.76 Å². The number of hydrogen-bond donors (Lipinski definition) is 1. The molecular formula is C22H24N4O5. The third-order valence-corrected chi connectivity index (χ3v) is 5.39. The predicted octanol–water partition coefficient (Wildman–Crippen LogP) is 2.97. The average molecular weight is 424 g/mol. The van der Waals surface area contributed by atoms with E-state index in [4.69, 9.17) is 9.15 Å². The summed E-state index contributed by atoms with van der Waals surface area (Å²) in [6.45, 7) is 2.97. The smallest absolute Gasteiger partial charge is 0.287 e. The van der Waals surface area contributed by atoms with Crippen LogP contribution in [0.1, 0.15) is 33.6 Å². The lowest BCUT2D eigenvalue weighted by Crippen LogP contribution is -2.37. The number of carbonyl (C=O) groups is 1. The number of benzene rings is 1. The first kappa shape index (κ1) is 20.8. The summed E-state index contributed by atoms with van der Waals surface area (Å²) < 4.78 is 12.9. The molecule has 1 aromatic carbocycles. The Labute approximate surface area is 179 Å². The van der Waals surface area contributed by atoms with E-state index in [1.807, 2.05) is 18.3 Å². The van der Waals surface area contributed by atoms with Crippen LogP contribution in [-0.2, 0) is 17.8 Å². The van der Waals surface area contributed by atoms with E-state index in [2.05, 4.69) is 20.9 Å². The Kier molecular flexibility index (Phi) is 6.15. The van der Waals surface area contributed by atoms with Crippen LogP contribution < -0.4 is 5.32 Å². The molecule has 1 amide bonds. The SMILES string of the molecule is COCCNC(=O)c1ccc(CN2CCn3cccc3C2c2ccc([N+](=O)[O-])cc2)o1. The van der Waals surface area contributed by atoms with Crippen molar-refractivity contribution in [2.45, 2.75) is 19.1 Å². The zero-order valence-electron chi connectivity index (χ0n) is 17.2. The number of aromatic nitrogens is 1. The van der Waals surface area contributed by atoms with Gasteiger partial charge in [-0.3, -0.25) is 19.8 Å². The van der Waals surface area contributed by atoms with E-state index in [0.29, 0.717) is 25.5 Å². The lowest BCUT2D eigenvalue weighted by atomic mass is 9.99. The molecule has 4 rings (SSSR count). The number of nitro groups is 1. The summed E-state index contributed by atoms with van der Waals surface area (Å²) >= 11 is 0. The largest absolute Gasteiger partial charge is 0.455 e. The minimum atomic E-state index is -0.396. The van der Waals surface area contributed by atoms with Gasteiger partial charge in [0.05, 0.1) is 24.1 Å². The number of methoxy groups -OCH3 is 1. The number of non-ortho nitro benzene ring substituents is 1.